The largest absolute Gasteiger partial charge is 1.00 e. The van der Waals surface area contributed by atoms with Crippen LogP contribution < -0.4 is 38.8 Å². The van der Waals surface area contributed by atoms with E-state index in [2.05, 4.69) is 132 Å². The number of hydrogen-bond acceptors (Lipinski definition) is 4. The predicted molar refractivity (Wildman–Crippen MR) is 165 cm³/mol. The number of aryl methyl sites for hydroxylation is 1. The Morgan fingerprint density at radius 2 is 1.64 bits per heavy atom. The molecule has 2 aliphatic rings. The van der Waals surface area contributed by atoms with E-state index in [1.54, 1.807) is 0 Å². The third-order valence-electron chi connectivity index (χ3n) is 7.11. The number of thioether (sulfide) groups is 1. The summed E-state index contributed by atoms with van der Waals surface area (Å²) in [5.74, 6) is 0. The van der Waals surface area contributed by atoms with Crippen LogP contribution in [0.3, 0.4) is 0 Å². The number of rotatable bonds is 7. The Hall–Kier alpha value is -2.81. The Morgan fingerprint density at radius 1 is 0.872 bits per heavy atom. The van der Waals surface area contributed by atoms with Gasteiger partial charge >= 0.3 is 0 Å². The molecule has 0 unspecified atom stereocenters. The first-order valence-corrected chi connectivity index (χ1v) is 15.0. The van der Waals surface area contributed by atoms with E-state index in [0.29, 0.717) is 0 Å². The molecule has 3 aromatic carbocycles. The second-order valence-corrected chi connectivity index (χ2v) is 11.5. The molecule has 0 atom stereocenters. The van der Waals surface area contributed by atoms with Gasteiger partial charge in [0.2, 0.25) is 5.52 Å². The first-order valence-electron chi connectivity index (χ1n) is 13.4. The van der Waals surface area contributed by atoms with Crippen LogP contribution in [0.5, 0.6) is 0 Å². The summed E-state index contributed by atoms with van der Waals surface area (Å²) < 4.78 is 3.74. The fourth-order valence-electron chi connectivity index (χ4n) is 5.24. The lowest BCUT2D eigenvalue weighted by Gasteiger charge is -2.17. The maximum atomic E-state index is 3.76. The molecule has 4 aromatic rings. The summed E-state index contributed by atoms with van der Waals surface area (Å²) in [6, 6.07) is 27.9. The van der Waals surface area contributed by atoms with Crippen LogP contribution in [-0.2, 0) is 6.54 Å². The minimum absolute atomic E-state index is 0. The fraction of sp³-hybridized carbons (Fsp3) is 0.182. The maximum Gasteiger partial charge on any atom is 0.262 e. The van der Waals surface area contributed by atoms with Gasteiger partial charge in [0.25, 0.3) is 5.01 Å². The summed E-state index contributed by atoms with van der Waals surface area (Å²) in [4.78, 5) is 3.74. The zero-order valence-corrected chi connectivity index (χ0v) is 26.0. The quantitative estimate of drug-likeness (QED) is 0.200. The number of halogens is 1. The van der Waals surface area contributed by atoms with Gasteiger partial charge in [-0.2, -0.15) is 4.57 Å². The highest BCUT2D eigenvalue weighted by atomic mass is 127. The minimum atomic E-state index is 0. The van der Waals surface area contributed by atoms with Crippen LogP contribution in [-0.4, -0.2) is 6.54 Å². The van der Waals surface area contributed by atoms with Crippen LogP contribution in [0.1, 0.15) is 31.7 Å². The van der Waals surface area contributed by atoms with Gasteiger partial charge in [-0.1, -0.05) is 71.6 Å². The van der Waals surface area contributed by atoms with Crippen LogP contribution in [0.15, 0.2) is 124 Å². The summed E-state index contributed by atoms with van der Waals surface area (Å²) in [6.45, 7) is 6.37. The average Bonchev–Trinajstić information content (AvgIpc) is 3.63. The Kier molecular flexibility index (Phi) is 8.95. The lowest BCUT2D eigenvalue weighted by atomic mass is 10.1. The number of allylic oxidation sites excluding steroid dienone is 5. The number of fused-ring (bicyclic) bond motifs is 2. The number of nitrogens with one attached hydrogen (secondary N) is 1. The third kappa shape index (κ3) is 5.74. The number of thiazole rings is 1. The third-order valence-corrected chi connectivity index (χ3v) is 9.37. The summed E-state index contributed by atoms with van der Waals surface area (Å²) in [5, 5.41) is 6.34. The van der Waals surface area contributed by atoms with Crippen molar-refractivity contribution in [2.75, 3.05) is 16.8 Å². The molecule has 0 radical (unpaired) electrons. The molecule has 198 valence electrons. The van der Waals surface area contributed by atoms with E-state index < -0.39 is 0 Å². The molecule has 0 spiro atoms. The second kappa shape index (κ2) is 12.6. The Morgan fingerprint density at radius 3 is 2.46 bits per heavy atom. The summed E-state index contributed by atoms with van der Waals surface area (Å²) in [7, 11) is 0. The SMILES string of the molecule is CCN1/C(=C/C=C2\CCC(/C=C/c3sc4ccccc4[n+]3CC)=C2Nc2ccccc2)Sc2ccccc21.[I-]. The molecular weight excluding hydrogens is 629 g/mol. The van der Waals surface area contributed by atoms with E-state index in [0.717, 1.165) is 31.6 Å². The highest BCUT2D eigenvalue weighted by Gasteiger charge is 2.24. The van der Waals surface area contributed by atoms with Crippen molar-refractivity contribution in [1.82, 2.24) is 0 Å². The van der Waals surface area contributed by atoms with Gasteiger partial charge < -0.3 is 34.2 Å². The summed E-state index contributed by atoms with van der Waals surface area (Å²) in [6.07, 6.45) is 11.3. The molecule has 1 aromatic heterocycles. The molecule has 39 heavy (non-hydrogen) atoms. The number of aromatic nitrogens is 1. The fourth-order valence-corrected chi connectivity index (χ4v) is 7.49. The normalized spacial score (nSPS) is 17.0. The zero-order valence-electron chi connectivity index (χ0n) is 22.2. The Balaban J connectivity index is 0.00000308. The first kappa shape index (κ1) is 27.7. The first-order chi connectivity index (χ1) is 18.7. The number of hydrogen-bond donors (Lipinski definition) is 1. The molecule has 2 heterocycles. The highest BCUT2D eigenvalue weighted by molar-refractivity contribution is 8.03. The molecule has 0 amide bonds. The van der Waals surface area contributed by atoms with E-state index >= 15 is 0 Å². The van der Waals surface area contributed by atoms with E-state index in [1.807, 2.05) is 23.1 Å². The van der Waals surface area contributed by atoms with Gasteiger partial charge in [-0.05, 0) is 80.3 Å². The molecule has 6 heteroatoms. The smallest absolute Gasteiger partial charge is 0.262 e. The van der Waals surface area contributed by atoms with Gasteiger partial charge in [0, 0.05) is 35.0 Å². The molecule has 1 aliphatic carbocycles. The van der Waals surface area contributed by atoms with Gasteiger partial charge in [-0.25, -0.2) is 0 Å². The molecule has 1 aliphatic heterocycles. The standard InChI is InChI=1S/C33H31N3S2.HI/c1-3-35-27-14-8-10-16-29(27)37-31(35)22-20-24-18-19-25(33(24)34-26-12-6-5-7-13-26)21-23-32-36(4-2)28-15-9-11-17-30(28)38-32;/h5-17,20-23H,3-4,18-19H2,1-2H3;1H/b24-20+,31-22-;. The number of anilines is 2. The summed E-state index contributed by atoms with van der Waals surface area (Å²) >= 11 is 3.72. The average molecular weight is 662 g/mol. The highest BCUT2D eigenvalue weighted by Crippen LogP contribution is 2.46. The number of nitrogens with zero attached hydrogens (tertiary/aromatic N) is 2. The molecule has 0 saturated heterocycles. The predicted octanol–water partition coefficient (Wildman–Crippen LogP) is 5.79. The van der Waals surface area contributed by atoms with Gasteiger partial charge in [0.05, 0.1) is 10.7 Å². The van der Waals surface area contributed by atoms with E-state index in [1.165, 1.54) is 47.7 Å². The van der Waals surface area contributed by atoms with Gasteiger partial charge in [-0.3, -0.25) is 0 Å². The lowest BCUT2D eigenvalue weighted by Crippen LogP contribution is -3.00. The lowest BCUT2D eigenvalue weighted by molar-refractivity contribution is -0.665. The van der Waals surface area contributed by atoms with Crippen molar-refractivity contribution in [2.24, 2.45) is 0 Å². The van der Waals surface area contributed by atoms with E-state index in [-0.39, 0.29) is 24.0 Å². The maximum absolute atomic E-state index is 3.76. The molecule has 0 fully saturated rings. The van der Waals surface area contributed by atoms with Crippen molar-refractivity contribution in [3.63, 3.8) is 0 Å². The van der Waals surface area contributed by atoms with Crippen molar-refractivity contribution in [3.8, 4) is 0 Å². The number of para-hydroxylation sites is 3. The summed E-state index contributed by atoms with van der Waals surface area (Å²) in [5.41, 5.74) is 7.69. The van der Waals surface area contributed by atoms with E-state index in [4.69, 9.17) is 0 Å². The number of benzene rings is 3. The van der Waals surface area contributed by atoms with Crippen LogP contribution in [0.2, 0.25) is 0 Å². The van der Waals surface area contributed by atoms with Crippen LogP contribution in [0, 0.1) is 0 Å². The molecular formula is C33H32IN3S2. The molecule has 0 saturated carbocycles. The monoisotopic (exact) mass is 661 g/mol. The van der Waals surface area contributed by atoms with Crippen molar-refractivity contribution >= 4 is 50.8 Å². The molecule has 6 rings (SSSR count). The van der Waals surface area contributed by atoms with Gasteiger partial charge in [0.15, 0.2) is 0 Å². The topological polar surface area (TPSA) is 19.1 Å². The van der Waals surface area contributed by atoms with Crippen molar-refractivity contribution < 1.29 is 28.5 Å². The van der Waals surface area contributed by atoms with Crippen LogP contribution >= 0.6 is 23.1 Å². The molecule has 3 nitrogen and oxygen atoms in total. The van der Waals surface area contributed by atoms with Crippen molar-refractivity contribution in [1.29, 1.82) is 0 Å². The van der Waals surface area contributed by atoms with Crippen LogP contribution in [0.4, 0.5) is 11.4 Å². The molecule has 1 N–H and O–H groups in total. The molecule has 0 bridgehead atoms. The Labute approximate surface area is 256 Å². The van der Waals surface area contributed by atoms with E-state index in [9.17, 15) is 0 Å². The minimum Gasteiger partial charge on any atom is -1.00 e. The van der Waals surface area contributed by atoms with Crippen molar-refractivity contribution in [3.05, 3.63) is 124 Å². The second-order valence-electron chi connectivity index (χ2n) is 9.39. The van der Waals surface area contributed by atoms with Gasteiger partial charge in [0.1, 0.15) is 11.2 Å². The zero-order chi connectivity index (χ0) is 25.9. The Bertz CT molecular complexity index is 1600. The van der Waals surface area contributed by atoms with Gasteiger partial charge in [-0.15, -0.1) is 0 Å². The van der Waals surface area contributed by atoms with Crippen molar-refractivity contribution in [2.45, 2.75) is 38.1 Å². The van der Waals surface area contributed by atoms with Crippen LogP contribution in [0.25, 0.3) is 16.3 Å².